The van der Waals surface area contributed by atoms with Crippen LogP contribution in [0.3, 0.4) is 0 Å². The summed E-state index contributed by atoms with van der Waals surface area (Å²) in [6.45, 7) is 3.11. The fraction of sp³-hybridized carbons (Fsp3) is 0.750. The molecule has 0 aromatic heterocycles. The van der Waals surface area contributed by atoms with Crippen molar-refractivity contribution in [3.05, 3.63) is 0 Å². The number of aliphatic hydroxyl groups excluding tert-OH is 1. The molecule has 2 amide bonds. The molecule has 1 aliphatic rings. The van der Waals surface area contributed by atoms with Gasteiger partial charge in [0, 0.05) is 19.0 Å². The molecule has 0 saturated carbocycles. The highest BCUT2D eigenvalue weighted by molar-refractivity contribution is 5.86. The first-order valence-corrected chi connectivity index (χ1v) is 6.32. The van der Waals surface area contributed by atoms with Gasteiger partial charge in [-0.1, -0.05) is 0 Å². The Morgan fingerprint density at radius 3 is 2.45 bits per heavy atom. The van der Waals surface area contributed by atoms with E-state index in [9.17, 15) is 19.5 Å². The molecular formula is C12H20N2O6. The number of likely N-dealkylation sites (tertiary alicyclic amines) is 1. The van der Waals surface area contributed by atoms with Gasteiger partial charge in [0.05, 0.1) is 13.2 Å². The lowest BCUT2D eigenvalue weighted by Crippen LogP contribution is -2.52. The molecule has 1 heterocycles. The molecule has 0 aromatic carbocycles. The predicted octanol–water partition coefficient (Wildman–Crippen LogP) is -0.490. The molecule has 1 fully saturated rings. The summed E-state index contributed by atoms with van der Waals surface area (Å²) < 4.78 is 4.52. The minimum Gasteiger partial charge on any atom is -0.480 e. The molecule has 0 spiro atoms. The number of esters is 1. The van der Waals surface area contributed by atoms with Crippen LogP contribution in [0.2, 0.25) is 0 Å². The molecule has 8 nitrogen and oxygen atoms in total. The van der Waals surface area contributed by atoms with E-state index in [0.29, 0.717) is 0 Å². The zero-order valence-electron chi connectivity index (χ0n) is 11.8. The first-order valence-electron chi connectivity index (χ1n) is 6.32. The highest BCUT2D eigenvalue weighted by Gasteiger charge is 2.41. The Hall–Kier alpha value is -1.83. The van der Waals surface area contributed by atoms with E-state index in [1.165, 1.54) is 12.0 Å². The number of urea groups is 1. The standard InChI is InChI=1S/C12H20N2O6/c1-7(2)13(6-10(16)20-3)12(19)14-5-8(15)4-9(14)11(17)18/h7-9,15H,4-6H2,1-3H3,(H,17,18)/t8-,9+/m1/s1. The van der Waals surface area contributed by atoms with E-state index < -0.39 is 30.1 Å². The number of hydrogen-bond acceptors (Lipinski definition) is 5. The van der Waals surface area contributed by atoms with Gasteiger partial charge in [-0.05, 0) is 13.8 Å². The Labute approximate surface area is 116 Å². The van der Waals surface area contributed by atoms with E-state index in [0.717, 1.165) is 4.90 Å². The number of ether oxygens (including phenoxy) is 1. The Balaban J connectivity index is 2.88. The van der Waals surface area contributed by atoms with Crippen molar-refractivity contribution in [2.24, 2.45) is 0 Å². The summed E-state index contributed by atoms with van der Waals surface area (Å²) in [4.78, 5) is 37.1. The van der Waals surface area contributed by atoms with Gasteiger partial charge < -0.3 is 24.7 Å². The second-order valence-electron chi connectivity index (χ2n) is 4.98. The minimum absolute atomic E-state index is 0.00870. The number of carbonyl (C=O) groups is 3. The van der Waals surface area contributed by atoms with Gasteiger partial charge in [-0.15, -0.1) is 0 Å². The molecule has 8 heteroatoms. The maximum absolute atomic E-state index is 12.4. The Kier molecular flexibility index (Phi) is 5.32. The average molecular weight is 288 g/mol. The van der Waals surface area contributed by atoms with Crippen molar-refractivity contribution < 1.29 is 29.3 Å². The van der Waals surface area contributed by atoms with Crippen LogP contribution in [0.1, 0.15) is 20.3 Å². The van der Waals surface area contributed by atoms with Crippen molar-refractivity contribution >= 4 is 18.0 Å². The topological polar surface area (TPSA) is 107 Å². The number of methoxy groups -OCH3 is 1. The summed E-state index contributed by atoms with van der Waals surface area (Å²) in [6, 6.07) is -1.96. The first-order chi connectivity index (χ1) is 9.27. The lowest BCUT2D eigenvalue weighted by molar-refractivity contribution is -0.142. The number of aliphatic hydroxyl groups is 1. The van der Waals surface area contributed by atoms with Crippen LogP contribution in [0.25, 0.3) is 0 Å². The van der Waals surface area contributed by atoms with Crippen molar-refractivity contribution in [2.75, 3.05) is 20.2 Å². The highest BCUT2D eigenvalue weighted by atomic mass is 16.5. The highest BCUT2D eigenvalue weighted by Crippen LogP contribution is 2.20. The zero-order valence-corrected chi connectivity index (χ0v) is 11.8. The predicted molar refractivity (Wildman–Crippen MR) is 68.0 cm³/mol. The molecule has 2 atom stereocenters. The summed E-state index contributed by atoms with van der Waals surface area (Å²) in [6.07, 6.45) is -0.877. The van der Waals surface area contributed by atoms with Gasteiger partial charge in [0.15, 0.2) is 0 Å². The Morgan fingerprint density at radius 1 is 1.40 bits per heavy atom. The smallest absolute Gasteiger partial charge is 0.326 e. The normalized spacial score (nSPS) is 21.9. The van der Waals surface area contributed by atoms with Crippen LogP contribution in [-0.2, 0) is 14.3 Å². The Morgan fingerprint density at radius 2 is 2.00 bits per heavy atom. The number of β-amino-alcohol motifs (C(OH)–C–C–N with tert-alkyl or cyclic N) is 1. The van der Waals surface area contributed by atoms with Crippen LogP contribution in [-0.4, -0.2) is 76.4 Å². The molecule has 0 radical (unpaired) electrons. The van der Waals surface area contributed by atoms with Crippen molar-refractivity contribution in [3.63, 3.8) is 0 Å². The third-order valence-corrected chi connectivity index (χ3v) is 3.21. The minimum atomic E-state index is -1.17. The first kappa shape index (κ1) is 16.2. The summed E-state index contributed by atoms with van der Waals surface area (Å²) in [5.41, 5.74) is 0. The van der Waals surface area contributed by atoms with Crippen molar-refractivity contribution in [1.82, 2.24) is 9.80 Å². The van der Waals surface area contributed by atoms with Crippen molar-refractivity contribution in [1.29, 1.82) is 0 Å². The average Bonchev–Trinajstić information content (AvgIpc) is 2.76. The Bertz CT molecular complexity index is 397. The van der Waals surface area contributed by atoms with Gasteiger partial charge >= 0.3 is 18.0 Å². The fourth-order valence-electron chi connectivity index (χ4n) is 2.10. The van der Waals surface area contributed by atoms with E-state index in [1.54, 1.807) is 13.8 Å². The van der Waals surface area contributed by atoms with Gasteiger partial charge in [-0.2, -0.15) is 0 Å². The molecule has 0 unspecified atom stereocenters. The van der Waals surface area contributed by atoms with Gasteiger partial charge in [0.1, 0.15) is 12.6 Å². The number of carboxylic acids is 1. The monoisotopic (exact) mass is 288 g/mol. The van der Waals surface area contributed by atoms with E-state index >= 15 is 0 Å². The largest absolute Gasteiger partial charge is 0.480 e. The fourth-order valence-corrected chi connectivity index (χ4v) is 2.10. The van der Waals surface area contributed by atoms with Crippen molar-refractivity contribution in [3.8, 4) is 0 Å². The molecule has 0 bridgehead atoms. The van der Waals surface area contributed by atoms with Crippen LogP contribution in [0.5, 0.6) is 0 Å². The van der Waals surface area contributed by atoms with E-state index in [4.69, 9.17) is 5.11 Å². The maximum atomic E-state index is 12.4. The van der Waals surface area contributed by atoms with Crippen LogP contribution in [0, 0.1) is 0 Å². The van der Waals surface area contributed by atoms with Crippen LogP contribution >= 0.6 is 0 Å². The van der Waals surface area contributed by atoms with E-state index in [-0.39, 0.29) is 25.6 Å². The second-order valence-corrected chi connectivity index (χ2v) is 4.98. The third-order valence-electron chi connectivity index (χ3n) is 3.21. The number of carboxylic acid groups (broad SMARTS) is 1. The van der Waals surface area contributed by atoms with Gasteiger partial charge in [0.2, 0.25) is 0 Å². The van der Waals surface area contributed by atoms with E-state index in [1.807, 2.05) is 0 Å². The second kappa shape index (κ2) is 6.56. The number of amides is 2. The summed E-state index contributed by atoms with van der Waals surface area (Å²) >= 11 is 0. The molecule has 20 heavy (non-hydrogen) atoms. The number of nitrogens with zero attached hydrogens (tertiary/aromatic N) is 2. The van der Waals surface area contributed by atoms with Crippen LogP contribution in [0.4, 0.5) is 4.79 Å². The van der Waals surface area contributed by atoms with Gasteiger partial charge in [-0.25, -0.2) is 9.59 Å². The van der Waals surface area contributed by atoms with Gasteiger partial charge in [-0.3, -0.25) is 4.79 Å². The quantitative estimate of drug-likeness (QED) is 0.676. The SMILES string of the molecule is COC(=O)CN(C(=O)N1C[C@H](O)C[C@H]1C(=O)O)C(C)C. The maximum Gasteiger partial charge on any atom is 0.326 e. The lowest BCUT2D eigenvalue weighted by Gasteiger charge is -2.32. The van der Waals surface area contributed by atoms with Crippen molar-refractivity contribution in [2.45, 2.75) is 38.5 Å². The van der Waals surface area contributed by atoms with E-state index in [2.05, 4.69) is 4.74 Å². The molecule has 114 valence electrons. The summed E-state index contributed by atoms with van der Waals surface area (Å²) in [5.74, 6) is -1.75. The molecule has 0 aliphatic carbocycles. The summed E-state index contributed by atoms with van der Waals surface area (Å²) in [5, 5.41) is 18.6. The molecular weight excluding hydrogens is 268 g/mol. The number of aliphatic carboxylic acids is 1. The molecule has 0 aromatic rings. The third kappa shape index (κ3) is 3.60. The lowest BCUT2D eigenvalue weighted by atomic mass is 10.2. The molecule has 1 rings (SSSR count). The molecule has 2 N–H and O–H groups in total. The molecule has 1 aliphatic heterocycles. The number of rotatable bonds is 4. The van der Waals surface area contributed by atoms with Crippen LogP contribution < -0.4 is 0 Å². The number of carbonyl (C=O) groups excluding carboxylic acids is 2. The van der Waals surface area contributed by atoms with Gasteiger partial charge in [0.25, 0.3) is 0 Å². The molecule has 1 saturated heterocycles. The number of hydrogen-bond donors (Lipinski definition) is 2. The zero-order chi connectivity index (χ0) is 15.4. The van der Waals surface area contributed by atoms with Crippen LogP contribution in [0.15, 0.2) is 0 Å². The summed E-state index contributed by atoms with van der Waals surface area (Å²) in [7, 11) is 1.21.